The molecule has 5 rings (SSSR count). The van der Waals surface area contributed by atoms with Gasteiger partial charge < -0.3 is 0 Å². The lowest BCUT2D eigenvalue weighted by Crippen LogP contribution is -2.24. The average Bonchev–Trinajstić information content (AvgIpc) is 3.34. The van der Waals surface area contributed by atoms with Gasteiger partial charge in [-0.2, -0.15) is 0 Å². The number of nitrogens with zero attached hydrogens (tertiary/aromatic N) is 5. The first-order valence-corrected chi connectivity index (χ1v) is 7.90. The van der Waals surface area contributed by atoms with Crippen molar-refractivity contribution in [3.8, 4) is 11.3 Å². The topological polar surface area (TPSA) is 95.4 Å². The Hall–Kier alpha value is -3.52. The summed E-state index contributed by atoms with van der Waals surface area (Å²) < 4.78 is 3.70. The van der Waals surface area contributed by atoms with Gasteiger partial charge in [0.15, 0.2) is 11.3 Å². The molecule has 1 aromatic carbocycles. The van der Waals surface area contributed by atoms with Crippen LogP contribution in [0.3, 0.4) is 0 Å². The second-order valence-corrected chi connectivity index (χ2v) is 5.95. The summed E-state index contributed by atoms with van der Waals surface area (Å²) >= 11 is 0. The van der Waals surface area contributed by atoms with Crippen LogP contribution in [0.15, 0.2) is 55.1 Å². The van der Waals surface area contributed by atoms with Crippen LogP contribution in [0, 0.1) is 6.92 Å². The molecule has 0 bridgehead atoms. The van der Waals surface area contributed by atoms with Crippen molar-refractivity contribution in [1.82, 2.24) is 29.2 Å². The highest BCUT2D eigenvalue weighted by Gasteiger charge is 2.18. The van der Waals surface area contributed by atoms with Gasteiger partial charge in [-0.3, -0.25) is 15.2 Å². The number of H-pyrrole nitrogens is 2. The fourth-order valence-electron chi connectivity index (χ4n) is 3.06. The second kappa shape index (κ2) is 4.99. The number of rotatable bonds is 3. The number of hydrogen-bond acceptors (Lipinski definition) is 4. The van der Waals surface area contributed by atoms with E-state index in [1.165, 1.54) is 0 Å². The quantitative estimate of drug-likeness (QED) is 0.349. The van der Waals surface area contributed by atoms with E-state index in [0.717, 1.165) is 39.6 Å². The molecule has 124 valence electrons. The molecule has 0 unspecified atom stereocenters. The SMILES string of the molecule is Cc1cn2[nH]cc(N(N)c3c[nH]n4cc(-c5ccccc5)nc34)c2n1. The zero-order chi connectivity index (χ0) is 17.0. The normalized spacial score (nSPS) is 11.6. The zero-order valence-electron chi connectivity index (χ0n) is 13.5. The molecule has 0 fully saturated rings. The van der Waals surface area contributed by atoms with Gasteiger partial charge in [0.2, 0.25) is 0 Å². The monoisotopic (exact) mass is 332 g/mol. The van der Waals surface area contributed by atoms with E-state index in [4.69, 9.17) is 10.8 Å². The van der Waals surface area contributed by atoms with Crippen LogP contribution in [0.1, 0.15) is 5.69 Å². The Balaban J connectivity index is 1.61. The number of aryl methyl sites for hydroxylation is 1. The molecule has 0 radical (unpaired) electrons. The molecule has 25 heavy (non-hydrogen) atoms. The molecule has 8 nitrogen and oxygen atoms in total. The van der Waals surface area contributed by atoms with E-state index in [9.17, 15) is 0 Å². The van der Waals surface area contributed by atoms with Crippen LogP contribution in [0.25, 0.3) is 22.6 Å². The Morgan fingerprint density at radius 2 is 1.56 bits per heavy atom. The molecule has 4 heterocycles. The Bertz CT molecular complexity index is 1170. The summed E-state index contributed by atoms with van der Waals surface area (Å²) in [6.45, 7) is 1.95. The van der Waals surface area contributed by atoms with Gasteiger partial charge in [-0.15, -0.1) is 0 Å². The molecule has 4 N–H and O–H groups in total. The fourth-order valence-corrected chi connectivity index (χ4v) is 3.06. The van der Waals surface area contributed by atoms with Crippen molar-refractivity contribution >= 4 is 22.7 Å². The van der Waals surface area contributed by atoms with Gasteiger partial charge in [0.25, 0.3) is 0 Å². The van der Waals surface area contributed by atoms with Gasteiger partial charge in [0, 0.05) is 18.0 Å². The summed E-state index contributed by atoms with van der Waals surface area (Å²) in [5.41, 5.74) is 5.94. The molecule has 0 saturated carbocycles. The largest absolute Gasteiger partial charge is 0.298 e. The van der Waals surface area contributed by atoms with Crippen molar-refractivity contribution < 1.29 is 0 Å². The van der Waals surface area contributed by atoms with Gasteiger partial charge >= 0.3 is 0 Å². The third-order valence-corrected chi connectivity index (χ3v) is 4.26. The molecule has 8 heteroatoms. The number of anilines is 2. The first-order chi connectivity index (χ1) is 12.2. The molecule has 0 atom stereocenters. The number of nitrogens with one attached hydrogen (secondary N) is 2. The molecular weight excluding hydrogens is 316 g/mol. The first-order valence-electron chi connectivity index (χ1n) is 7.90. The Labute approximate surface area is 142 Å². The number of nitrogens with two attached hydrogens (primary N) is 1. The van der Waals surface area contributed by atoms with Crippen LogP contribution in [-0.2, 0) is 0 Å². The maximum Gasteiger partial charge on any atom is 0.179 e. The highest BCUT2D eigenvalue weighted by molar-refractivity contribution is 5.82. The summed E-state index contributed by atoms with van der Waals surface area (Å²) in [5, 5.41) is 7.88. The maximum atomic E-state index is 6.38. The standard InChI is InChI=1S/C17H16N8/c1-11-9-23-16(21-11)14(7-19-23)25(18)15-8-20-24-10-13(22-17(15)24)12-5-3-2-4-6-12/h2-10,19-20H,18H2,1H3. The molecular formula is C17H16N8. The van der Waals surface area contributed by atoms with E-state index in [0.29, 0.717) is 0 Å². The van der Waals surface area contributed by atoms with Gasteiger partial charge in [-0.25, -0.2) is 24.8 Å². The van der Waals surface area contributed by atoms with Crippen molar-refractivity contribution in [2.24, 2.45) is 5.84 Å². The number of benzene rings is 1. The van der Waals surface area contributed by atoms with Crippen LogP contribution in [0.4, 0.5) is 11.4 Å². The maximum absolute atomic E-state index is 6.38. The van der Waals surface area contributed by atoms with Crippen LogP contribution >= 0.6 is 0 Å². The van der Waals surface area contributed by atoms with Crippen molar-refractivity contribution in [3.63, 3.8) is 0 Å². The number of fused-ring (bicyclic) bond motifs is 2. The summed E-state index contributed by atoms with van der Waals surface area (Å²) in [6, 6.07) is 10.0. The smallest absolute Gasteiger partial charge is 0.179 e. The lowest BCUT2D eigenvalue weighted by atomic mass is 10.2. The summed E-state index contributed by atoms with van der Waals surface area (Å²) in [5.74, 6) is 6.38. The first kappa shape index (κ1) is 13.9. The van der Waals surface area contributed by atoms with Crippen LogP contribution in [-0.4, -0.2) is 29.2 Å². The molecule has 0 amide bonds. The highest BCUT2D eigenvalue weighted by atomic mass is 15.5. The number of aromatic amines is 2. The lowest BCUT2D eigenvalue weighted by Gasteiger charge is -2.13. The van der Waals surface area contributed by atoms with E-state index in [-0.39, 0.29) is 0 Å². The molecule has 0 aliphatic carbocycles. The molecule has 4 aromatic heterocycles. The summed E-state index contributed by atoms with van der Waals surface area (Å²) in [4.78, 5) is 9.24. The number of aromatic nitrogens is 6. The fraction of sp³-hybridized carbons (Fsp3) is 0.0588. The minimum atomic E-state index is 0.754. The Kier molecular flexibility index (Phi) is 2.77. The van der Waals surface area contributed by atoms with Crippen LogP contribution in [0.2, 0.25) is 0 Å². The third-order valence-electron chi connectivity index (χ3n) is 4.26. The molecule has 0 saturated heterocycles. The lowest BCUT2D eigenvalue weighted by molar-refractivity contribution is 0.970. The van der Waals surface area contributed by atoms with Gasteiger partial charge in [0.05, 0.1) is 23.8 Å². The zero-order valence-corrected chi connectivity index (χ0v) is 13.5. The van der Waals surface area contributed by atoms with E-state index in [1.54, 1.807) is 5.01 Å². The second-order valence-electron chi connectivity index (χ2n) is 5.95. The average molecular weight is 332 g/mol. The van der Waals surface area contributed by atoms with Crippen molar-refractivity contribution in [1.29, 1.82) is 0 Å². The molecule has 0 aliphatic rings. The van der Waals surface area contributed by atoms with Gasteiger partial charge in [-0.1, -0.05) is 30.3 Å². The van der Waals surface area contributed by atoms with E-state index in [1.807, 2.05) is 71.1 Å². The minimum Gasteiger partial charge on any atom is -0.298 e. The molecule has 5 aromatic rings. The van der Waals surface area contributed by atoms with E-state index < -0.39 is 0 Å². The van der Waals surface area contributed by atoms with Crippen LogP contribution < -0.4 is 10.9 Å². The summed E-state index contributed by atoms with van der Waals surface area (Å²) in [6.07, 6.45) is 7.53. The highest BCUT2D eigenvalue weighted by Crippen LogP contribution is 2.30. The molecule has 0 aliphatic heterocycles. The van der Waals surface area contributed by atoms with E-state index in [2.05, 4.69) is 15.2 Å². The van der Waals surface area contributed by atoms with Crippen LogP contribution in [0.5, 0.6) is 0 Å². The Morgan fingerprint density at radius 1 is 0.920 bits per heavy atom. The number of hydrogen-bond donors (Lipinski definition) is 3. The molecule has 0 spiro atoms. The predicted octanol–water partition coefficient (Wildman–Crippen LogP) is 2.63. The number of hydrazine groups is 1. The predicted molar refractivity (Wildman–Crippen MR) is 95.6 cm³/mol. The minimum absolute atomic E-state index is 0.754. The van der Waals surface area contributed by atoms with Crippen molar-refractivity contribution in [3.05, 3.63) is 60.8 Å². The van der Waals surface area contributed by atoms with Gasteiger partial charge in [0.1, 0.15) is 11.4 Å². The van der Waals surface area contributed by atoms with Gasteiger partial charge in [-0.05, 0) is 6.92 Å². The van der Waals surface area contributed by atoms with Crippen molar-refractivity contribution in [2.45, 2.75) is 6.92 Å². The summed E-state index contributed by atoms with van der Waals surface area (Å²) in [7, 11) is 0. The van der Waals surface area contributed by atoms with E-state index >= 15 is 0 Å². The van der Waals surface area contributed by atoms with Crippen molar-refractivity contribution in [2.75, 3.05) is 5.01 Å². The Morgan fingerprint density at radius 3 is 2.28 bits per heavy atom. The number of imidazole rings is 2. The third kappa shape index (κ3) is 2.05.